The van der Waals surface area contributed by atoms with Crippen LogP contribution in [0.5, 0.6) is 0 Å². The Morgan fingerprint density at radius 3 is 2.90 bits per heavy atom. The summed E-state index contributed by atoms with van der Waals surface area (Å²) in [5, 5.41) is 0. The maximum absolute atomic E-state index is 12.5. The molecule has 0 heterocycles. The lowest BCUT2D eigenvalue weighted by atomic mass is 10.2. The monoisotopic (exact) mass is 156 g/mol. The van der Waals surface area contributed by atoms with Gasteiger partial charge in [0.2, 0.25) is 0 Å². The molecule has 0 spiro atoms. The molecular formula is C8H10FP. The van der Waals surface area contributed by atoms with Crippen LogP contribution in [0.1, 0.15) is 5.56 Å². The third-order valence-corrected chi connectivity index (χ3v) is 2.03. The fraction of sp³-hybridized carbons (Fsp3) is 0.250. The van der Waals surface area contributed by atoms with Gasteiger partial charge in [-0.1, -0.05) is 12.1 Å². The van der Waals surface area contributed by atoms with Gasteiger partial charge in [-0.15, -0.1) is 8.58 Å². The SMILES string of the molecule is CPCc1cccc(F)c1. The first-order valence-electron chi connectivity index (χ1n) is 3.22. The minimum absolute atomic E-state index is 0.129. The molecule has 2 heteroatoms. The van der Waals surface area contributed by atoms with Gasteiger partial charge in [0, 0.05) is 0 Å². The van der Waals surface area contributed by atoms with Crippen LogP contribution in [0.15, 0.2) is 24.3 Å². The lowest BCUT2D eigenvalue weighted by Gasteiger charge is -1.96. The third kappa shape index (κ3) is 2.07. The molecule has 1 aromatic carbocycles. The molecule has 0 amide bonds. The van der Waals surface area contributed by atoms with Gasteiger partial charge in [-0.3, -0.25) is 0 Å². The highest BCUT2D eigenvalue weighted by atomic mass is 31.1. The summed E-state index contributed by atoms with van der Waals surface area (Å²) in [6.07, 6.45) is 0.998. The van der Waals surface area contributed by atoms with Crippen molar-refractivity contribution in [2.75, 3.05) is 6.66 Å². The largest absolute Gasteiger partial charge is 0.207 e. The van der Waals surface area contributed by atoms with Crippen LogP contribution < -0.4 is 0 Å². The predicted octanol–water partition coefficient (Wildman–Crippen LogP) is 2.63. The molecule has 0 saturated heterocycles. The quantitative estimate of drug-likeness (QED) is 0.577. The highest BCUT2D eigenvalue weighted by Crippen LogP contribution is 2.14. The second-order valence-corrected chi connectivity index (χ2v) is 3.22. The second-order valence-electron chi connectivity index (χ2n) is 2.16. The van der Waals surface area contributed by atoms with E-state index >= 15 is 0 Å². The number of hydrogen-bond acceptors (Lipinski definition) is 0. The smallest absolute Gasteiger partial charge is 0.123 e. The minimum atomic E-state index is -0.129. The van der Waals surface area contributed by atoms with Gasteiger partial charge in [-0.25, -0.2) is 4.39 Å². The van der Waals surface area contributed by atoms with Crippen molar-refractivity contribution in [3.63, 3.8) is 0 Å². The molecule has 1 rings (SSSR count). The fourth-order valence-corrected chi connectivity index (χ4v) is 1.48. The Balaban J connectivity index is 2.75. The molecule has 0 N–H and O–H groups in total. The first kappa shape index (κ1) is 7.68. The Hall–Kier alpha value is -0.420. The number of benzene rings is 1. The van der Waals surface area contributed by atoms with Crippen molar-refractivity contribution in [1.29, 1.82) is 0 Å². The summed E-state index contributed by atoms with van der Waals surface area (Å²) < 4.78 is 12.5. The molecule has 0 bridgehead atoms. The van der Waals surface area contributed by atoms with Gasteiger partial charge in [0.05, 0.1) is 0 Å². The maximum Gasteiger partial charge on any atom is 0.123 e. The summed E-state index contributed by atoms with van der Waals surface area (Å²) in [5.41, 5.74) is 1.10. The van der Waals surface area contributed by atoms with Gasteiger partial charge < -0.3 is 0 Å². The predicted molar refractivity (Wildman–Crippen MR) is 44.3 cm³/mol. The van der Waals surface area contributed by atoms with Crippen LogP contribution in [0.3, 0.4) is 0 Å². The zero-order valence-electron chi connectivity index (χ0n) is 5.89. The standard InChI is InChI=1S/C8H10FP/c1-10-6-7-3-2-4-8(9)5-7/h2-5,10H,6H2,1H3. The molecule has 0 aliphatic carbocycles. The average Bonchev–Trinajstić information content (AvgIpc) is 1.88. The highest BCUT2D eigenvalue weighted by Gasteiger charge is 1.91. The van der Waals surface area contributed by atoms with Crippen molar-refractivity contribution >= 4 is 8.58 Å². The van der Waals surface area contributed by atoms with Crippen molar-refractivity contribution in [2.24, 2.45) is 0 Å². The van der Waals surface area contributed by atoms with Crippen LogP contribution in [-0.2, 0) is 6.16 Å². The molecule has 0 aromatic heterocycles. The molecule has 1 aromatic rings. The van der Waals surface area contributed by atoms with E-state index in [1.165, 1.54) is 6.07 Å². The zero-order valence-corrected chi connectivity index (χ0v) is 6.89. The first-order chi connectivity index (χ1) is 4.83. The lowest BCUT2D eigenvalue weighted by molar-refractivity contribution is 0.626. The van der Waals surface area contributed by atoms with Gasteiger partial charge in [-0.05, 0) is 30.5 Å². The van der Waals surface area contributed by atoms with Crippen molar-refractivity contribution in [3.05, 3.63) is 35.6 Å². The number of rotatable bonds is 2. The lowest BCUT2D eigenvalue weighted by Crippen LogP contribution is -1.79. The van der Waals surface area contributed by atoms with Crippen LogP contribution in [0.4, 0.5) is 4.39 Å². The van der Waals surface area contributed by atoms with E-state index < -0.39 is 0 Å². The molecule has 1 unspecified atom stereocenters. The van der Waals surface area contributed by atoms with E-state index in [0.29, 0.717) is 0 Å². The van der Waals surface area contributed by atoms with E-state index in [-0.39, 0.29) is 5.82 Å². The van der Waals surface area contributed by atoms with Crippen molar-refractivity contribution < 1.29 is 4.39 Å². The summed E-state index contributed by atoms with van der Waals surface area (Å²) in [6.45, 7) is 2.12. The van der Waals surface area contributed by atoms with Gasteiger partial charge in [0.1, 0.15) is 5.82 Å². The number of hydrogen-bond donors (Lipinski definition) is 0. The molecule has 54 valence electrons. The minimum Gasteiger partial charge on any atom is -0.207 e. The molecule has 0 saturated carbocycles. The second kappa shape index (κ2) is 3.68. The van der Waals surface area contributed by atoms with Crippen molar-refractivity contribution in [2.45, 2.75) is 6.16 Å². The Morgan fingerprint density at radius 1 is 1.50 bits per heavy atom. The Bertz CT molecular complexity index is 210. The van der Waals surface area contributed by atoms with Crippen molar-refractivity contribution in [3.8, 4) is 0 Å². The first-order valence-corrected chi connectivity index (χ1v) is 4.92. The van der Waals surface area contributed by atoms with E-state index in [9.17, 15) is 4.39 Å². The van der Waals surface area contributed by atoms with E-state index in [1.807, 2.05) is 6.07 Å². The van der Waals surface area contributed by atoms with Gasteiger partial charge in [0.15, 0.2) is 0 Å². The normalized spacial score (nSPS) is 11.0. The zero-order chi connectivity index (χ0) is 7.40. The third-order valence-electron chi connectivity index (χ3n) is 1.27. The molecule has 0 aliphatic rings. The summed E-state index contributed by atoms with van der Waals surface area (Å²) in [4.78, 5) is 0. The Labute approximate surface area is 62.2 Å². The van der Waals surface area contributed by atoms with Gasteiger partial charge >= 0.3 is 0 Å². The topological polar surface area (TPSA) is 0 Å². The fourth-order valence-electron chi connectivity index (χ4n) is 0.851. The van der Waals surface area contributed by atoms with Crippen molar-refractivity contribution in [1.82, 2.24) is 0 Å². The summed E-state index contributed by atoms with van der Waals surface area (Å²) in [5.74, 6) is -0.129. The van der Waals surface area contributed by atoms with Crippen LogP contribution in [0.2, 0.25) is 0 Å². The summed E-state index contributed by atoms with van der Waals surface area (Å²) in [7, 11) is 0.865. The molecule has 1 atom stereocenters. The van der Waals surface area contributed by atoms with Gasteiger partial charge in [-0.2, -0.15) is 0 Å². The maximum atomic E-state index is 12.5. The Kier molecular flexibility index (Phi) is 2.82. The molecule has 10 heavy (non-hydrogen) atoms. The molecule has 0 aliphatic heterocycles. The van der Waals surface area contributed by atoms with Crippen LogP contribution >= 0.6 is 8.58 Å². The van der Waals surface area contributed by atoms with E-state index in [0.717, 1.165) is 20.3 Å². The van der Waals surface area contributed by atoms with E-state index in [1.54, 1.807) is 12.1 Å². The van der Waals surface area contributed by atoms with Crippen LogP contribution in [-0.4, -0.2) is 6.66 Å². The summed E-state index contributed by atoms with van der Waals surface area (Å²) >= 11 is 0. The molecule has 0 fully saturated rings. The van der Waals surface area contributed by atoms with Gasteiger partial charge in [0.25, 0.3) is 0 Å². The molecule has 0 radical (unpaired) electrons. The summed E-state index contributed by atoms with van der Waals surface area (Å²) in [6, 6.07) is 6.78. The molecular weight excluding hydrogens is 146 g/mol. The average molecular weight is 156 g/mol. The number of halogens is 1. The molecule has 0 nitrogen and oxygen atoms in total. The highest BCUT2D eigenvalue weighted by molar-refractivity contribution is 7.36. The van der Waals surface area contributed by atoms with E-state index in [2.05, 4.69) is 6.66 Å². The van der Waals surface area contributed by atoms with Crippen LogP contribution in [0.25, 0.3) is 0 Å². The van der Waals surface area contributed by atoms with E-state index in [4.69, 9.17) is 0 Å². The Morgan fingerprint density at radius 2 is 2.30 bits per heavy atom. The van der Waals surface area contributed by atoms with Crippen LogP contribution in [0, 0.1) is 5.82 Å².